The van der Waals surface area contributed by atoms with Crippen LogP contribution in [0.4, 0.5) is 4.79 Å². The Labute approximate surface area is 123 Å². The molecule has 0 bridgehead atoms. The number of esters is 1. The van der Waals surface area contributed by atoms with Crippen LogP contribution in [0.1, 0.15) is 18.4 Å². The fourth-order valence-corrected chi connectivity index (χ4v) is 2.46. The molecule has 1 saturated carbocycles. The van der Waals surface area contributed by atoms with Gasteiger partial charge in [-0.05, 0) is 18.4 Å². The average molecular weight is 289 g/mol. The van der Waals surface area contributed by atoms with Gasteiger partial charge in [-0.2, -0.15) is 0 Å². The molecule has 2 rings (SSSR count). The fourth-order valence-electron chi connectivity index (χ4n) is 2.46. The minimum Gasteiger partial charge on any atom is -0.469 e. The summed E-state index contributed by atoms with van der Waals surface area (Å²) in [6, 6.07) is 9.10. The summed E-state index contributed by atoms with van der Waals surface area (Å²) < 4.78 is 9.91. The van der Waals surface area contributed by atoms with Crippen LogP contribution in [0.3, 0.4) is 0 Å². The van der Waals surface area contributed by atoms with E-state index in [9.17, 15) is 9.59 Å². The molecule has 5 nitrogen and oxygen atoms in total. The number of carbonyl (C=O) groups is 2. The number of nitrogens with one attached hydrogen (secondary N) is 1. The molecule has 1 aromatic rings. The van der Waals surface area contributed by atoms with Crippen molar-refractivity contribution in [2.75, 3.05) is 7.11 Å². The van der Waals surface area contributed by atoms with Crippen LogP contribution < -0.4 is 5.32 Å². The minimum absolute atomic E-state index is 0.198. The van der Waals surface area contributed by atoms with E-state index in [1.54, 1.807) is 0 Å². The summed E-state index contributed by atoms with van der Waals surface area (Å²) in [7, 11) is 1.34. The van der Waals surface area contributed by atoms with Crippen LogP contribution in [0.25, 0.3) is 0 Å². The quantitative estimate of drug-likeness (QED) is 0.683. The highest BCUT2D eigenvalue weighted by Gasteiger charge is 2.37. The van der Waals surface area contributed by atoms with Crippen molar-refractivity contribution < 1.29 is 19.1 Å². The number of amides is 1. The highest BCUT2D eigenvalue weighted by molar-refractivity contribution is 5.76. The summed E-state index contributed by atoms with van der Waals surface area (Å²) in [4.78, 5) is 23.5. The Bertz CT molecular complexity index is 526. The minimum atomic E-state index is -0.535. The molecular weight excluding hydrogens is 270 g/mol. The molecule has 112 valence electrons. The summed E-state index contributed by atoms with van der Waals surface area (Å²) >= 11 is 0. The summed E-state index contributed by atoms with van der Waals surface area (Å²) in [6.07, 6.45) is 0.573. The topological polar surface area (TPSA) is 64.6 Å². The number of methoxy groups -OCH3 is 1. The number of alkyl carbamates (subject to hydrolysis) is 1. The Morgan fingerprint density at radius 1 is 1.29 bits per heavy atom. The molecule has 2 atom stereocenters. The summed E-state index contributed by atoms with van der Waals surface area (Å²) in [5, 5.41) is 2.72. The van der Waals surface area contributed by atoms with Gasteiger partial charge in [-0.15, -0.1) is 0 Å². The molecule has 21 heavy (non-hydrogen) atoms. The summed E-state index contributed by atoms with van der Waals surface area (Å²) in [6.45, 7) is 4.07. The Morgan fingerprint density at radius 3 is 2.67 bits per heavy atom. The van der Waals surface area contributed by atoms with Gasteiger partial charge >= 0.3 is 12.1 Å². The first-order valence-corrected chi connectivity index (χ1v) is 6.82. The van der Waals surface area contributed by atoms with E-state index in [2.05, 4.69) is 11.9 Å². The monoisotopic (exact) mass is 289 g/mol. The van der Waals surface area contributed by atoms with Crippen LogP contribution in [0.2, 0.25) is 0 Å². The Hall–Kier alpha value is -2.30. The van der Waals surface area contributed by atoms with Gasteiger partial charge in [0.1, 0.15) is 6.61 Å². The van der Waals surface area contributed by atoms with E-state index in [-0.39, 0.29) is 24.5 Å². The van der Waals surface area contributed by atoms with Gasteiger partial charge in [-0.3, -0.25) is 4.79 Å². The van der Waals surface area contributed by atoms with E-state index < -0.39 is 6.09 Å². The second-order valence-corrected chi connectivity index (χ2v) is 5.10. The molecule has 5 heteroatoms. The maximum atomic E-state index is 11.8. The van der Waals surface area contributed by atoms with Gasteiger partial charge in [0.05, 0.1) is 13.0 Å². The van der Waals surface area contributed by atoms with Gasteiger partial charge in [0.25, 0.3) is 0 Å². The van der Waals surface area contributed by atoms with Crippen molar-refractivity contribution in [1.29, 1.82) is 0 Å². The van der Waals surface area contributed by atoms with Crippen molar-refractivity contribution in [3.63, 3.8) is 0 Å². The van der Waals surface area contributed by atoms with Gasteiger partial charge in [-0.25, -0.2) is 4.79 Å². The molecule has 0 heterocycles. The van der Waals surface area contributed by atoms with Gasteiger partial charge in [0.2, 0.25) is 0 Å². The van der Waals surface area contributed by atoms with Crippen LogP contribution in [-0.2, 0) is 20.9 Å². The molecule has 1 amide bonds. The molecule has 1 fully saturated rings. The summed E-state index contributed by atoms with van der Waals surface area (Å²) in [5.41, 5.74) is 1.84. The van der Waals surface area contributed by atoms with E-state index in [0.29, 0.717) is 12.8 Å². The first kappa shape index (κ1) is 15.1. The Balaban J connectivity index is 1.86. The third-order valence-electron chi connectivity index (χ3n) is 3.52. The lowest BCUT2D eigenvalue weighted by Crippen LogP contribution is -2.40. The second kappa shape index (κ2) is 6.92. The normalized spacial score (nSPS) is 20.9. The van der Waals surface area contributed by atoms with Crippen LogP contribution >= 0.6 is 0 Å². The van der Waals surface area contributed by atoms with E-state index >= 15 is 0 Å². The molecule has 0 saturated heterocycles. The fraction of sp³-hybridized carbons (Fsp3) is 0.375. The third-order valence-corrected chi connectivity index (χ3v) is 3.52. The van der Waals surface area contributed by atoms with Crippen LogP contribution in [0.5, 0.6) is 0 Å². The molecule has 0 spiro atoms. The standard InChI is InChI=1S/C16H19NO4/c1-11-8-13(15(18)20-2)14(9-11)17-16(19)21-10-12-6-4-3-5-7-12/h3-7,13-14H,1,8-10H2,2H3,(H,17,19)/t13-,14-/m1/s1. The SMILES string of the molecule is C=C1C[C@@H](NC(=O)OCc2ccccc2)[C@H](C(=O)OC)C1. The lowest BCUT2D eigenvalue weighted by molar-refractivity contribution is -0.145. The highest BCUT2D eigenvalue weighted by atomic mass is 16.5. The molecule has 0 radical (unpaired) electrons. The predicted molar refractivity (Wildman–Crippen MR) is 77.4 cm³/mol. The van der Waals surface area contributed by atoms with Gasteiger partial charge in [0.15, 0.2) is 0 Å². The van der Waals surface area contributed by atoms with Crippen molar-refractivity contribution in [3.8, 4) is 0 Å². The number of hydrogen-bond donors (Lipinski definition) is 1. The molecule has 0 aromatic heterocycles. The number of rotatable bonds is 4. The first-order valence-electron chi connectivity index (χ1n) is 6.82. The van der Waals surface area contributed by atoms with Crippen molar-refractivity contribution in [2.45, 2.75) is 25.5 Å². The van der Waals surface area contributed by atoms with Gasteiger partial charge in [-0.1, -0.05) is 42.5 Å². The van der Waals surface area contributed by atoms with Gasteiger partial charge in [0, 0.05) is 6.04 Å². The average Bonchev–Trinajstić information content (AvgIpc) is 2.86. The van der Waals surface area contributed by atoms with Crippen molar-refractivity contribution in [3.05, 3.63) is 48.0 Å². The Morgan fingerprint density at radius 2 is 2.00 bits per heavy atom. The predicted octanol–water partition coefficient (Wildman–Crippen LogP) is 2.42. The van der Waals surface area contributed by atoms with Crippen LogP contribution in [0, 0.1) is 5.92 Å². The van der Waals surface area contributed by atoms with E-state index in [1.807, 2.05) is 30.3 Å². The summed E-state index contributed by atoms with van der Waals surface area (Å²) in [5.74, 6) is -0.714. The van der Waals surface area contributed by atoms with E-state index in [1.165, 1.54) is 7.11 Å². The zero-order chi connectivity index (χ0) is 15.2. The molecule has 1 aliphatic carbocycles. The molecular formula is C16H19NO4. The van der Waals surface area contributed by atoms with Crippen molar-refractivity contribution in [2.24, 2.45) is 5.92 Å². The van der Waals surface area contributed by atoms with Crippen LogP contribution in [0.15, 0.2) is 42.5 Å². The molecule has 1 N–H and O–H groups in total. The second-order valence-electron chi connectivity index (χ2n) is 5.10. The van der Waals surface area contributed by atoms with Gasteiger partial charge < -0.3 is 14.8 Å². The molecule has 1 aromatic carbocycles. The smallest absolute Gasteiger partial charge is 0.407 e. The number of carbonyl (C=O) groups excluding carboxylic acids is 2. The lowest BCUT2D eigenvalue weighted by atomic mass is 10.0. The van der Waals surface area contributed by atoms with Crippen molar-refractivity contribution >= 4 is 12.1 Å². The third kappa shape index (κ3) is 4.08. The number of ether oxygens (including phenoxy) is 2. The molecule has 0 aliphatic heterocycles. The molecule has 1 aliphatic rings. The largest absolute Gasteiger partial charge is 0.469 e. The Kier molecular flexibility index (Phi) is 4.98. The molecule has 0 unspecified atom stereocenters. The van der Waals surface area contributed by atoms with E-state index in [4.69, 9.17) is 9.47 Å². The van der Waals surface area contributed by atoms with Crippen LogP contribution in [-0.4, -0.2) is 25.2 Å². The zero-order valence-electron chi connectivity index (χ0n) is 12.0. The maximum absolute atomic E-state index is 11.8. The number of hydrogen-bond acceptors (Lipinski definition) is 4. The van der Waals surface area contributed by atoms with E-state index in [0.717, 1.165) is 11.1 Å². The first-order chi connectivity index (χ1) is 10.1. The lowest BCUT2D eigenvalue weighted by Gasteiger charge is -2.18. The zero-order valence-corrected chi connectivity index (χ0v) is 12.0. The highest BCUT2D eigenvalue weighted by Crippen LogP contribution is 2.30. The van der Waals surface area contributed by atoms with Crippen molar-refractivity contribution in [1.82, 2.24) is 5.32 Å². The maximum Gasteiger partial charge on any atom is 0.407 e. The number of benzene rings is 1.